The van der Waals surface area contributed by atoms with Crippen molar-refractivity contribution in [1.82, 2.24) is 14.7 Å². The monoisotopic (exact) mass is 343 g/mol. The Bertz CT molecular complexity index is 769. The summed E-state index contributed by atoms with van der Waals surface area (Å²) in [6.45, 7) is 2.37. The van der Waals surface area contributed by atoms with Crippen LogP contribution in [-0.4, -0.2) is 57.5 Å². The Morgan fingerprint density at radius 1 is 1.32 bits per heavy atom. The molecule has 7 heteroatoms. The van der Waals surface area contributed by atoms with Crippen LogP contribution in [-0.2, 0) is 9.53 Å². The molecule has 1 fully saturated rings. The van der Waals surface area contributed by atoms with E-state index >= 15 is 0 Å². The summed E-state index contributed by atoms with van der Waals surface area (Å²) in [5.41, 5.74) is 2.45. The molecule has 2 heterocycles. The van der Waals surface area contributed by atoms with Crippen molar-refractivity contribution in [2.75, 3.05) is 13.7 Å². The number of amides is 1. The molecule has 1 N–H and O–H groups in total. The van der Waals surface area contributed by atoms with Gasteiger partial charge in [-0.15, -0.1) is 0 Å². The number of rotatable bonds is 5. The highest BCUT2D eigenvalue weighted by molar-refractivity contribution is 5.95. The van der Waals surface area contributed by atoms with Gasteiger partial charge in [-0.2, -0.15) is 5.10 Å². The van der Waals surface area contributed by atoms with Crippen LogP contribution < -0.4 is 0 Å². The average molecular weight is 343 g/mol. The molecule has 1 aliphatic heterocycles. The highest BCUT2D eigenvalue weighted by atomic mass is 16.5. The average Bonchev–Trinajstić information content (AvgIpc) is 3.20. The van der Waals surface area contributed by atoms with Gasteiger partial charge in [-0.1, -0.05) is 0 Å². The van der Waals surface area contributed by atoms with E-state index in [4.69, 9.17) is 9.84 Å². The van der Waals surface area contributed by atoms with Gasteiger partial charge >= 0.3 is 5.97 Å². The number of aryl methyl sites for hydroxylation is 1. The summed E-state index contributed by atoms with van der Waals surface area (Å²) < 4.78 is 7.06. The minimum Gasteiger partial charge on any atom is -0.481 e. The minimum absolute atomic E-state index is 0.0732. The number of ether oxygens (including phenoxy) is 1. The zero-order chi connectivity index (χ0) is 18.0. The van der Waals surface area contributed by atoms with Gasteiger partial charge in [0, 0.05) is 31.5 Å². The predicted octanol–water partition coefficient (Wildman–Crippen LogP) is 1.88. The first-order valence-corrected chi connectivity index (χ1v) is 8.15. The van der Waals surface area contributed by atoms with Crippen LogP contribution in [0.2, 0.25) is 0 Å². The van der Waals surface area contributed by atoms with E-state index in [0.29, 0.717) is 18.5 Å². The maximum atomic E-state index is 12.8. The van der Waals surface area contributed by atoms with Crippen molar-refractivity contribution >= 4 is 11.9 Å². The summed E-state index contributed by atoms with van der Waals surface area (Å²) in [6.07, 6.45) is 4.02. The van der Waals surface area contributed by atoms with E-state index in [0.717, 1.165) is 11.3 Å². The molecule has 0 aliphatic carbocycles. The van der Waals surface area contributed by atoms with Crippen LogP contribution in [0.5, 0.6) is 0 Å². The van der Waals surface area contributed by atoms with Gasteiger partial charge in [0.25, 0.3) is 5.91 Å². The van der Waals surface area contributed by atoms with Crippen LogP contribution in [0.4, 0.5) is 0 Å². The van der Waals surface area contributed by atoms with Crippen LogP contribution in [0, 0.1) is 6.92 Å². The van der Waals surface area contributed by atoms with Crippen molar-refractivity contribution < 1.29 is 19.4 Å². The van der Waals surface area contributed by atoms with Gasteiger partial charge in [0.2, 0.25) is 0 Å². The number of hydrogen-bond donors (Lipinski definition) is 1. The number of hydrogen-bond acceptors (Lipinski definition) is 4. The molecule has 1 aliphatic rings. The maximum Gasteiger partial charge on any atom is 0.305 e. The summed E-state index contributed by atoms with van der Waals surface area (Å²) >= 11 is 0. The van der Waals surface area contributed by atoms with Gasteiger partial charge in [0.15, 0.2) is 0 Å². The topological polar surface area (TPSA) is 84.7 Å². The van der Waals surface area contributed by atoms with Gasteiger partial charge in [0.05, 0.1) is 24.4 Å². The number of carbonyl (C=O) groups excluding carboxylic acids is 1. The standard InChI is InChI=1S/C18H21N3O4/c1-12-9-19-21(10-12)14-5-3-13(4-6-14)18(24)20-11-16(25-2)7-15(20)8-17(22)23/h3-6,9-10,15-16H,7-8,11H2,1-2H3,(H,22,23). The number of methoxy groups -OCH3 is 1. The van der Waals surface area contributed by atoms with E-state index in [1.54, 1.807) is 35.0 Å². The van der Waals surface area contributed by atoms with Gasteiger partial charge in [-0.05, 0) is 43.2 Å². The summed E-state index contributed by atoms with van der Waals surface area (Å²) in [4.78, 5) is 25.5. The van der Waals surface area contributed by atoms with Crippen LogP contribution >= 0.6 is 0 Å². The normalized spacial score (nSPS) is 20.0. The fourth-order valence-electron chi connectivity index (χ4n) is 3.16. The third kappa shape index (κ3) is 3.71. The quantitative estimate of drug-likeness (QED) is 0.896. The lowest BCUT2D eigenvalue weighted by molar-refractivity contribution is -0.137. The maximum absolute atomic E-state index is 12.8. The second kappa shape index (κ2) is 7.06. The molecule has 2 unspecified atom stereocenters. The summed E-state index contributed by atoms with van der Waals surface area (Å²) in [6, 6.07) is 6.80. The highest BCUT2D eigenvalue weighted by Crippen LogP contribution is 2.25. The Hall–Kier alpha value is -2.67. The fourth-order valence-corrected chi connectivity index (χ4v) is 3.16. The van der Waals surface area contributed by atoms with Gasteiger partial charge in [0.1, 0.15) is 0 Å². The van der Waals surface area contributed by atoms with Crippen LogP contribution in [0.1, 0.15) is 28.8 Å². The fraction of sp³-hybridized carbons (Fsp3) is 0.389. The molecule has 0 radical (unpaired) electrons. The number of nitrogens with zero attached hydrogens (tertiary/aromatic N) is 3. The zero-order valence-electron chi connectivity index (χ0n) is 14.3. The molecule has 1 amide bonds. The molecular formula is C18H21N3O4. The molecule has 1 aromatic carbocycles. The number of carboxylic acids is 1. The third-order valence-electron chi connectivity index (χ3n) is 4.47. The molecule has 7 nitrogen and oxygen atoms in total. The Kier molecular flexibility index (Phi) is 4.85. The number of carbonyl (C=O) groups is 2. The second-order valence-electron chi connectivity index (χ2n) is 6.31. The first-order chi connectivity index (χ1) is 12.0. The summed E-state index contributed by atoms with van der Waals surface area (Å²) in [5, 5.41) is 13.3. The number of likely N-dealkylation sites (tertiary alicyclic amines) is 1. The Morgan fingerprint density at radius 2 is 2.04 bits per heavy atom. The number of aliphatic carboxylic acids is 1. The lowest BCUT2D eigenvalue weighted by Gasteiger charge is -2.23. The van der Waals surface area contributed by atoms with Crippen molar-refractivity contribution in [2.45, 2.75) is 31.9 Å². The Balaban J connectivity index is 1.78. The van der Waals surface area contributed by atoms with Crippen LogP contribution in [0.15, 0.2) is 36.7 Å². The molecule has 1 aromatic heterocycles. The molecular weight excluding hydrogens is 322 g/mol. The first-order valence-electron chi connectivity index (χ1n) is 8.15. The van der Waals surface area contributed by atoms with Gasteiger partial charge < -0.3 is 14.7 Å². The van der Waals surface area contributed by atoms with E-state index in [9.17, 15) is 9.59 Å². The van der Waals surface area contributed by atoms with Crippen LogP contribution in [0.25, 0.3) is 5.69 Å². The van der Waals surface area contributed by atoms with Gasteiger partial charge in [-0.3, -0.25) is 9.59 Å². The van der Waals surface area contributed by atoms with Crippen molar-refractivity contribution in [3.63, 3.8) is 0 Å². The largest absolute Gasteiger partial charge is 0.481 e. The Morgan fingerprint density at radius 3 is 2.60 bits per heavy atom. The van der Waals surface area contributed by atoms with E-state index in [2.05, 4.69) is 5.10 Å². The van der Waals surface area contributed by atoms with E-state index in [1.165, 1.54) is 0 Å². The lowest BCUT2D eigenvalue weighted by Crippen LogP contribution is -2.37. The zero-order valence-corrected chi connectivity index (χ0v) is 14.3. The molecule has 2 atom stereocenters. The van der Waals surface area contributed by atoms with E-state index < -0.39 is 5.97 Å². The van der Waals surface area contributed by atoms with Crippen LogP contribution in [0.3, 0.4) is 0 Å². The highest BCUT2D eigenvalue weighted by Gasteiger charge is 2.36. The SMILES string of the molecule is COC1CC(CC(=O)O)N(C(=O)c2ccc(-n3cc(C)cn3)cc2)C1. The molecule has 3 rings (SSSR count). The summed E-state index contributed by atoms with van der Waals surface area (Å²) in [7, 11) is 1.58. The number of carboxylic acid groups (broad SMARTS) is 1. The molecule has 25 heavy (non-hydrogen) atoms. The van der Waals surface area contributed by atoms with Crippen molar-refractivity contribution in [2.24, 2.45) is 0 Å². The molecule has 0 spiro atoms. The second-order valence-corrected chi connectivity index (χ2v) is 6.31. The van der Waals surface area contributed by atoms with Crippen molar-refractivity contribution in [1.29, 1.82) is 0 Å². The van der Waals surface area contributed by atoms with Crippen molar-refractivity contribution in [3.05, 3.63) is 47.8 Å². The summed E-state index contributed by atoms with van der Waals surface area (Å²) in [5.74, 6) is -1.09. The van der Waals surface area contributed by atoms with Gasteiger partial charge in [-0.25, -0.2) is 4.68 Å². The predicted molar refractivity (Wildman–Crippen MR) is 90.8 cm³/mol. The third-order valence-corrected chi connectivity index (χ3v) is 4.47. The van der Waals surface area contributed by atoms with E-state index in [1.807, 2.05) is 25.3 Å². The number of benzene rings is 1. The number of aromatic nitrogens is 2. The van der Waals surface area contributed by atoms with E-state index in [-0.39, 0.29) is 24.5 Å². The first kappa shape index (κ1) is 17.2. The lowest BCUT2D eigenvalue weighted by atomic mass is 10.1. The molecule has 2 aromatic rings. The van der Waals surface area contributed by atoms with Crippen molar-refractivity contribution in [3.8, 4) is 5.69 Å². The minimum atomic E-state index is -0.913. The molecule has 1 saturated heterocycles. The molecule has 0 bridgehead atoms. The molecule has 132 valence electrons. The molecule has 0 saturated carbocycles. The Labute approximate surface area is 145 Å². The smallest absolute Gasteiger partial charge is 0.305 e.